The van der Waals surface area contributed by atoms with Crippen molar-refractivity contribution in [3.8, 4) is 17.0 Å². The molecule has 1 aromatic heterocycles. The van der Waals surface area contributed by atoms with Crippen molar-refractivity contribution in [1.82, 2.24) is 15.6 Å². The molecule has 2 aromatic carbocycles. The Hall–Kier alpha value is -4.13. The molecule has 12 nitrogen and oxygen atoms in total. The molecule has 0 unspecified atom stereocenters. The van der Waals surface area contributed by atoms with Crippen molar-refractivity contribution < 1.29 is 43.3 Å². The van der Waals surface area contributed by atoms with Gasteiger partial charge in [0.1, 0.15) is 0 Å². The van der Waals surface area contributed by atoms with Crippen LogP contribution in [0, 0.1) is 0 Å². The predicted octanol–water partition coefficient (Wildman–Crippen LogP) is 3.49. The zero-order valence-electron chi connectivity index (χ0n) is 20.5. The number of hydrogen-bond acceptors (Lipinski definition) is 10. The van der Waals surface area contributed by atoms with Crippen LogP contribution in [0.5, 0.6) is 5.88 Å². The van der Waals surface area contributed by atoms with E-state index in [-0.39, 0.29) is 24.3 Å². The number of hydrazine groups is 1. The number of aliphatic hydroxyl groups excluding tert-OH is 1. The van der Waals surface area contributed by atoms with Gasteiger partial charge in [-0.1, -0.05) is 48.0 Å². The van der Waals surface area contributed by atoms with Crippen molar-refractivity contribution in [2.45, 2.75) is 32.6 Å². The number of nitrogens with one attached hydrogen (secondary N) is 1. The normalized spacial score (nSPS) is 11.7. The highest BCUT2D eigenvalue weighted by atomic mass is 35.5. The lowest BCUT2D eigenvalue weighted by molar-refractivity contribution is -0.148. The first kappa shape index (κ1) is 28.4. The number of aromatic nitrogens is 1. The lowest BCUT2D eigenvalue weighted by atomic mass is 10.0. The Kier molecular flexibility index (Phi) is 10.0. The molecule has 38 heavy (non-hydrogen) atoms. The maximum Gasteiger partial charge on any atom is 0.511 e. The molecule has 1 heterocycles. The molecule has 0 aliphatic rings. The topological polar surface area (TPSA) is 161 Å². The summed E-state index contributed by atoms with van der Waals surface area (Å²) in [5.74, 6) is -2.63. The number of carboxylic acid groups (broad SMARTS) is 1. The van der Waals surface area contributed by atoms with Gasteiger partial charge in [-0.15, -0.1) is 0 Å². The number of carbonyl (C=O) groups excluding carboxylic acids is 2. The molecule has 3 rings (SSSR count). The SMILES string of the molecule is CC(C)OC(=O)OCOc1cc(C(=O)NN(Cc2ccc(-c3cccc(Cl)c3)cc2)C[C@@H](O)C(=O)O)on1. The van der Waals surface area contributed by atoms with E-state index in [4.69, 9.17) is 35.4 Å². The molecular weight excluding hydrogens is 522 g/mol. The largest absolute Gasteiger partial charge is 0.511 e. The molecule has 1 atom stereocenters. The second-order valence-corrected chi connectivity index (χ2v) is 8.67. The van der Waals surface area contributed by atoms with E-state index in [2.05, 4.69) is 10.6 Å². The monoisotopic (exact) mass is 547 g/mol. The van der Waals surface area contributed by atoms with Gasteiger partial charge in [0.15, 0.2) is 6.10 Å². The molecular formula is C25H26ClN3O9. The van der Waals surface area contributed by atoms with E-state index in [1.165, 1.54) is 5.01 Å². The number of carbonyl (C=O) groups is 3. The van der Waals surface area contributed by atoms with Gasteiger partial charge >= 0.3 is 18.0 Å². The van der Waals surface area contributed by atoms with Crippen LogP contribution in [-0.2, 0) is 20.8 Å². The molecule has 0 saturated carbocycles. The number of hydrogen-bond donors (Lipinski definition) is 3. The summed E-state index contributed by atoms with van der Waals surface area (Å²) in [4.78, 5) is 35.3. The van der Waals surface area contributed by atoms with E-state index in [1.54, 1.807) is 32.0 Å². The summed E-state index contributed by atoms with van der Waals surface area (Å²) in [7, 11) is 0. The standard InChI is InChI=1S/C25H26ClN3O9/c1-15(2)37-25(34)36-14-35-22-11-21(38-28-22)23(31)27-29(13-20(30)24(32)33)12-16-6-8-17(9-7-16)18-4-3-5-19(26)10-18/h3-11,15,20,30H,12-14H2,1-2H3,(H,27,31)(H,32,33)/t20-/m1/s1. The van der Waals surface area contributed by atoms with E-state index in [0.717, 1.165) is 22.8 Å². The van der Waals surface area contributed by atoms with E-state index in [0.29, 0.717) is 5.02 Å². The molecule has 0 bridgehead atoms. The molecule has 0 aliphatic heterocycles. The van der Waals surface area contributed by atoms with Crippen LogP contribution in [0.15, 0.2) is 59.1 Å². The third-order valence-corrected chi connectivity index (χ3v) is 5.09. The van der Waals surface area contributed by atoms with Crippen LogP contribution in [0.2, 0.25) is 5.02 Å². The molecule has 0 aliphatic carbocycles. The number of benzene rings is 2. The third kappa shape index (κ3) is 8.76. The van der Waals surface area contributed by atoms with E-state index in [9.17, 15) is 19.5 Å². The van der Waals surface area contributed by atoms with Crippen LogP contribution in [-0.4, -0.2) is 64.0 Å². The Morgan fingerprint density at radius 1 is 1.11 bits per heavy atom. The average molecular weight is 548 g/mol. The highest BCUT2D eigenvalue weighted by Gasteiger charge is 2.22. The molecule has 3 aromatic rings. The van der Waals surface area contributed by atoms with Crippen molar-refractivity contribution >= 4 is 29.6 Å². The highest BCUT2D eigenvalue weighted by molar-refractivity contribution is 6.30. The number of aliphatic carboxylic acids is 1. The number of halogens is 1. The van der Waals surface area contributed by atoms with Gasteiger partial charge in [-0.25, -0.2) is 14.6 Å². The Balaban J connectivity index is 1.63. The first-order valence-electron chi connectivity index (χ1n) is 11.4. The van der Waals surface area contributed by atoms with Gasteiger partial charge in [0, 0.05) is 11.6 Å². The van der Waals surface area contributed by atoms with Crippen molar-refractivity contribution in [2.24, 2.45) is 0 Å². The zero-order chi connectivity index (χ0) is 27.7. The molecule has 202 valence electrons. The minimum Gasteiger partial charge on any atom is -0.479 e. The molecule has 0 saturated heterocycles. The Labute approximate surface area is 222 Å². The van der Waals surface area contributed by atoms with E-state index >= 15 is 0 Å². The third-order valence-electron chi connectivity index (χ3n) is 4.85. The summed E-state index contributed by atoms with van der Waals surface area (Å²) in [6, 6.07) is 15.8. The maximum absolute atomic E-state index is 12.7. The minimum absolute atomic E-state index is 0.0647. The summed E-state index contributed by atoms with van der Waals surface area (Å²) in [6.45, 7) is 2.43. The molecule has 0 radical (unpaired) electrons. The van der Waals surface area contributed by atoms with Crippen molar-refractivity contribution in [2.75, 3.05) is 13.3 Å². The van der Waals surface area contributed by atoms with E-state index < -0.39 is 37.5 Å². The summed E-state index contributed by atoms with van der Waals surface area (Å²) in [5, 5.41) is 24.4. The van der Waals surface area contributed by atoms with Crippen molar-refractivity contribution in [3.63, 3.8) is 0 Å². The summed E-state index contributed by atoms with van der Waals surface area (Å²) in [5.41, 5.74) is 5.04. The summed E-state index contributed by atoms with van der Waals surface area (Å²) < 4.78 is 19.5. The molecule has 3 N–H and O–H groups in total. The van der Waals surface area contributed by atoms with E-state index in [1.807, 2.05) is 30.3 Å². The predicted molar refractivity (Wildman–Crippen MR) is 133 cm³/mol. The van der Waals surface area contributed by atoms with Gasteiger partial charge < -0.3 is 28.9 Å². The summed E-state index contributed by atoms with van der Waals surface area (Å²) in [6.07, 6.45) is -3.07. The number of aliphatic hydroxyl groups is 1. The van der Waals surface area contributed by atoms with Gasteiger partial charge in [-0.3, -0.25) is 10.2 Å². The van der Waals surface area contributed by atoms with Crippen molar-refractivity contribution in [3.05, 3.63) is 70.9 Å². The van der Waals surface area contributed by atoms with Gasteiger partial charge in [-0.05, 0) is 47.8 Å². The van der Waals surface area contributed by atoms with Gasteiger partial charge in [0.05, 0.1) is 18.7 Å². The lowest BCUT2D eigenvalue weighted by Crippen LogP contribution is -2.47. The fraction of sp³-hybridized carbons (Fsp3) is 0.280. The molecule has 0 spiro atoms. The van der Waals surface area contributed by atoms with Crippen LogP contribution < -0.4 is 10.2 Å². The fourth-order valence-corrected chi connectivity index (χ4v) is 3.32. The Morgan fingerprint density at radius 2 is 1.84 bits per heavy atom. The lowest BCUT2D eigenvalue weighted by Gasteiger charge is -2.24. The second-order valence-electron chi connectivity index (χ2n) is 8.24. The quantitative estimate of drug-likeness (QED) is 0.173. The molecule has 13 heteroatoms. The van der Waals surface area contributed by atoms with Gasteiger partial charge in [0.25, 0.3) is 5.88 Å². The van der Waals surface area contributed by atoms with Crippen LogP contribution in [0.25, 0.3) is 11.1 Å². The minimum atomic E-state index is -1.77. The Morgan fingerprint density at radius 3 is 2.50 bits per heavy atom. The smallest absolute Gasteiger partial charge is 0.479 e. The first-order valence-corrected chi connectivity index (χ1v) is 11.7. The number of ether oxygens (including phenoxy) is 3. The van der Waals surface area contributed by atoms with Crippen LogP contribution in [0.1, 0.15) is 30.0 Å². The molecule has 0 fully saturated rings. The average Bonchev–Trinajstić information content (AvgIpc) is 3.33. The van der Waals surface area contributed by atoms with Crippen molar-refractivity contribution in [1.29, 1.82) is 0 Å². The second kappa shape index (κ2) is 13.4. The van der Waals surface area contributed by atoms with Gasteiger partial charge in [0.2, 0.25) is 12.6 Å². The zero-order valence-corrected chi connectivity index (χ0v) is 21.3. The number of nitrogens with zero attached hydrogens (tertiary/aromatic N) is 2. The fourth-order valence-electron chi connectivity index (χ4n) is 3.12. The number of carboxylic acids is 1. The van der Waals surface area contributed by atoms with Crippen LogP contribution in [0.4, 0.5) is 4.79 Å². The maximum atomic E-state index is 12.7. The molecule has 1 amide bonds. The van der Waals surface area contributed by atoms with Crippen LogP contribution in [0.3, 0.4) is 0 Å². The highest BCUT2D eigenvalue weighted by Crippen LogP contribution is 2.23. The van der Waals surface area contributed by atoms with Gasteiger partial charge in [-0.2, -0.15) is 0 Å². The first-order chi connectivity index (χ1) is 18.1. The van der Waals surface area contributed by atoms with Crippen LogP contribution >= 0.6 is 11.6 Å². The number of rotatable bonds is 12. The summed E-state index contributed by atoms with van der Waals surface area (Å²) >= 11 is 6.06. The number of amides is 1. The Bertz CT molecular complexity index is 1250.